The summed E-state index contributed by atoms with van der Waals surface area (Å²) >= 11 is 10.7. The summed E-state index contributed by atoms with van der Waals surface area (Å²) < 4.78 is 36.2. The molecule has 1 aromatic carbocycles. The Balaban J connectivity index is 3.15. The molecule has 0 fully saturated rings. The molecule has 15 heavy (non-hydrogen) atoms. The zero-order chi connectivity index (χ0) is 11.6. The Morgan fingerprint density at radius 3 is 2.47 bits per heavy atom. The van der Waals surface area contributed by atoms with Crippen molar-refractivity contribution in [3.05, 3.63) is 28.8 Å². The van der Waals surface area contributed by atoms with E-state index in [1.165, 1.54) is 12.1 Å². The van der Waals surface area contributed by atoms with Crippen LogP contribution in [0.4, 0.5) is 18.9 Å². The van der Waals surface area contributed by atoms with Gasteiger partial charge in [-0.15, -0.1) is 0 Å². The molecule has 0 aromatic heterocycles. The van der Waals surface area contributed by atoms with Gasteiger partial charge in [0.1, 0.15) is 0 Å². The molecule has 0 heterocycles. The fourth-order valence-electron chi connectivity index (χ4n) is 0.886. The van der Waals surface area contributed by atoms with Crippen LogP contribution in [0.5, 0.6) is 0 Å². The maximum absolute atomic E-state index is 12.1. The maximum atomic E-state index is 12.1. The number of benzene rings is 1. The topological polar surface area (TPSA) is 12.4 Å². The van der Waals surface area contributed by atoms with E-state index >= 15 is 0 Å². The maximum Gasteiger partial charge on any atom is 0.444 e. The van der Waals surface area contributed by atoms with Gasteiger partial charge in [0, 0.05) is 5.02 Å². The zero-order valence-corrected chi connectivity index (χ0v) is 9.08. The highest BCUT2D eigenvalue weighted by Crippen LogP contribution is 2.29. The van der Waals surface area contributed by atoms with Crippen LogP contribution in [0.25, 0.3) is 0 Å². The third-order valence-corrected chi connectivity index (χ3v) is 2.40. The van der Waals surface area contributed by atoms with Crippen LogP contribution < -0.4 is 0 Å². The normalized spacial score (nSPS) is 13.1. The van der Waals surface area contributed by atoms with Crippen molar-refractivity contribution in [3.63, 3.8) is 0 Å². The summed E-state index contributed by atoms with van der Waals surface area (Å²) in [6, 6.07) is 4.49. The Morgan fingerprint density at radius 2 is 1.93 bits per heavy atom. The van der Waals surface area contributed by atoms with Crippen molar-refractivity contribution in [1.82, 2.24) is 0 Å². The Hall–Kier alpha value is -0.740. The number of hydrogen-bond donors (Lipinski definition) is 0. The van der Waals surface area contributed by atoms with E-state index < -0.39 is 11.3 Å². The average molecular weight is 256 g/mol. The molecular weight excluding hydrogens is 250 g/mol. The molecule has 0 aliphatic carbocycles. The quantitative estimate of drug-likeness (QED) is 0.657. The zero-order valence-electron chi connectivity index (χ0n) is 7.57. The van der Waals surface area contributed by atoms with E-state index in [4.69, 9.17) is 23.2 Å². The average Bonchev–Trinajstić information content (AvgIpc) is 2.11. The van der Waals surface area contributed by atoms with Crippen molar-refractivity contribution in [2.24, 2.45) is 4.99 Å². The number of alkyl halides is 3. The fraction of sp³-hybridized carbons (Fsp3) is 0.222. The van der Waals surface area contributed by atoms with E-state index in [1.807, 2.05) is 0 Å². The Bertz CT molecular complexity index is 399. The standard InChI is InChI=1S/C9H6Cl2F3N/c1-5-6(10)3-2-4-7(5)15-8(11)9(12,13)14/h2-4H,1H3. The van der Waals surface area contributed by atoms with E-state index in [-0.39, 0.29) is 5.69 Å². The van der Waals surface area contributed by atoms with Gasteiger partial charge in [-0.25, -0.2) is 4.99 Å². The van der Waals surface area contributed by atoms with E-state index in [1.54, 1.807) is 13.0 Å². The minimum absolute atomic E-state index is 0.116. The second kappa shape index (κ2) is 4.41. The first kappa shape index (κ1) is 12.3. The second-order valence-electron chi connectivity index (χ2n) is 2.78. The molecule has 0 unspecified atom stereocenters. The van der Waals surface area contributed by atoms with Gasteiger partial charge in [0.15, 0.2) is 0 Å². The summed E-state index contributed by atoms with van der Waals surface area (Å²) in [5.74, 6) is 0. The summed E-state index contributed by atoms with van der Waals surface area (Å²) in [5, 5.41) is -1.06. The Kier molecular flexibility index (Phi) is 3.62. The number of nitrogens with zero attached hydrogens (tertiary/aromatic N) is 1. The molecule has 0 radical (unpaired) electrons. The number of halogens is 5. The van der Waals surface area contributed by atoms with Crippen molar-refractivity contribution < 1.29 is 13.2 Å². The van der Waals surface area contributed by atoms with Gasteiger partial charge < -0.3 is 0 Å². The Labute approximate surface area is 94.5 Å². The molecule has 0 amide bonds. The highest BCUT2D eigenvalue weighted by molar-refractivity contribution is 6.67. The summed E-state index contributed by atoms with van der Waals surface area (Å²) in [4.78, 5) is 3.26. The predicted molar refractivity (Wildman–Crippen MR) is 55.2 cm³/mol. The summed E-state index contributed by atoms with van der Waals surface area (Å²) in [5.41, 5.74) is 0.575. The minimum atomic E-state index is -4.63. The van der Waals surface area contributed by atoms with Crippen molar-refractivity contribution in [1.29, 1.82) is 0 Å². The molecule has 0 N–H and O–H groups in total. The molecule has 0 saturated carbocycles. The van der Waals surface area contributed by atoms with Gasteiger partial charge in [-0.1, -0.05) is 29.3 Å². The first-order chi connectivity index (χ1) is 6.82. The summed E-state index contributed by atoms with van der Waals surface area (Å²) in [6.07, 6.45) is -4.63. The van der Waals surface area contributed by atoms with Crippen LogP contribution in [-0.2, 0) is 0 Å². The van der Waals surface area contributed by atoms with E-state index in [2.05, 4.69) is 4.99 Å². The smallest absolute Gasteiger partial charge is 0.232 e. The lowest BCUT2D eigenvalue weighted by atomic mass is 10.2. The van der Waals surface area contributed by atoms with Gasteiger partial charge in [0.25, 0.3) is 0 Å². The molecule has 0 bridgehead atoms. The van der Waals surface area contributed by atoms with Crippen molar-refractivity contribution in [2.75, 3.05) is 0 Å². The third-order valence-electron chi connectivity index (χ3n) is 1.69. The second-order valence-corrected chi connectivity index (χ2v) is 3.55. The SMILES string of the molecule is Cc1c(Cl)cccc1N=C(Cl)C(F)(F)F. The van der Waals surface area contributed by atoms with Gasteiger partial charge in [0.05, 0.1) is 5.69 Å². The van der Waals surface area contributed by atoms with Gasteiger partial charge in [-0.2, -0.15) is 13.2 Å². The van der Waals surface area contributed by atoms with Crippen LogP contribution in [-0.4, -0.2) is 11.3 Å². The fourth-order valence-corrected chi connectivity index (χ4v) is 1.15. The molecule has 0 aliphatic rings. The summed E-state index contributed by atoms with van der Waals surface area (Å²) in [7, 11) is 0. The summed E-state index contributed by atoms with van der Waals surface area (Å²) in [6.45, 7) is 1.57. The van der Waals surface area contributed by atoms with E-state index in [0.717, 1.165) is 0 Å². The first-order valence-electron chi connectivity index (χ1n) is 3.89. The van der Waals surface area contributed by atoms with Gasteiger partial charge >= 0.3 is 6.18 Å². The molecule has 1 aromatic rings. The molecule has 0 atom stereocenters. The largest absolute Gasteiger partial charge is 0.444 e. The molecule has 0 aliphatic heterocycles. The molecule has 0 saturated heterocycles. The number of aliphatic imine (C=N–C) groups is 1. The molecule has 0 spiro atoms. The monoisotopic (exact) mass is 255 g/mol. The van der Waals surface area contributed by atoms with Crippen LogP contribution in [0.1, 0.15) is 5.56 Å². The van der Waals surface area contributed by atoms with Gasteiger partial charge in [0.2, 0.25) is 5.17 Å². The molecular formula is C9H6Cl2F3N. The van der Waals surface area contributed by atoms with Gasteiger partial charge in [-0.3, -0.25) is 0 Å². The lowest BCUT2D eigenvalue weighted by molar-refractivity contribution is -0.0558. The predicted octanol–water partition coefficient (Wildman–Crippen LogP) is 4.48. The molecule has 6 heteroatoms. The van der Waals surface area contributed by atoms with Crippen LogP contribution in [0.15, 0.2) is 23.2 Å². The molecule has 1 rings (SSSR count). The lowest BCUT2D eigenvalue weighted by Crippen LogP contribution is -2.16. The number of rotatable bonds is 1. The minimum Gasteiger partial charge on any atom is -0.232 e. The first-order valence-corrected chi connectivity index (χ1v) is 4.64. The van der Waals surface area contributed by atoms with Gasteiger partial charge in [-0.05, 0) is 24.6 Å². The highest BCUT2D eigenvalue weighted by Gasteiger charge is 2.34. The van der Waals surface area contributed by atoms with Crippen molar-refractivity contribution >= 4 is 34.1 Å². The van der Waals surface area contributed by atoms with Crippen LogP contribution in [0, 0.1) is 6.92 Å². The molecule has 82 valence electrons. The van der Waals surface area contributed by atoms with E-state index in [0.29, 0.717) is 10.6 Å². The van der Waals surface area contributed by atoms with Crippen molar-refractivity contribution in [2.45, 2.75) is 13.1 Å². The third kappa shape index (κ3) is 3.11. The van der Waals surface area contributed by atoms with Crippen LogP contribution in [0.2, 0.25) is 5.02 Å². The van der Waals surface area contributed by atoms with E-state index in [9.17, 15) is 13.2 Å². The van der Waals surface area contributed by atoms with Crippen molar-refractivity contribution in [3.8, 4) is 0 Å². The molecule has 1 nitrogen and oxygen atoms in total. The van der Waals surface area contributed by atoms with Crippen LogP contribution >= 0.6 is 23.2 Å². The Morgan fingerprint density at radius 1 is 1.33 bits per heavy atom. The van der Waals surface area contributed by atoms with Crippen LogP contribution in [0.3, 0.4) is 0 Å². The lowest BCUT2D eigenvalue weighted by Gasteiger charge is -2.05. The highest BCUT2D eigenvalue weighted by atomic mass is 35.5. The number of hydrogen-bond acceptors (Lipinski definition) is 1.